The van der Waals surface area contributed by atoms with Crippen molar-refractivity contribution in [2.45, 2.75) is 25.8 Å². The molecule has 1 fully saturated rings. The highest BCUT2D eigenvalue weighted by atomic mass is 32.1. The fourth-order valence-corrected chi connectivity index (χ4v) is 2.29. The lowest BCUT2D eigenvalue weighted by Gasteiger charge is -2.17. The fourth-order valence-electron chi connectivity index (χ4n) is 1.28. The summed E-state index contributed by atoms with van der Waals surface area (Å²) in [5, 5.41) is 8.02. The largest absolute Gasteiger partial charge is 0.344 e. The van der Waals surface area contributed by atoms with Crippen molar-refractivity contribution in [1.29, 1.82) is 0 Å². The van der Waals surface area contributed by atoms with Crippen LogP contribution in [0.25, 0.3) is 0 Å². The second-order valence-electron chi connectivity index (χ2n) is 2.91. The normalized spacial score (nSPS) is 16.4. The maximum Gasteiger partial charge on any atom is 0.207 e. The first kappa shape index (κ1) is 8.19. The minimum atomic E-state index is 0.726. The summed E-state index contributed by atoms with van der Waals surface area (Å²) >= 11 is 6.54. The molecule has 0 aromatic carbocycles. The van der Waals surface area contributed by atoms with Crippen LogP contribution in [-0.4, -0.2) is 22.8 Å². The number of rotatable bonds is 3. The molecular formula is C7H11N3S2. The molecule has 0 amide bonds. The van der Waals surface area contributed by atoms with Crippen molar-refractivity contribution in [3.05, 3.63) is 3.95 Å². The van der Waals surface area contributed by atoms with Gasteiger partial charge in [0.05, 0.1) is 0 Å². The number of hydrogen-bond acceptors (Lipinski definition) is 4. The summed E-state index contributed by atoms with van der Waals surface area (Å²) in [5.74, 6) is 0. The van der Waals surface area contributed by atoms with Gasteiger partial charge in [-0.05, 0) is 32.0 Å². The van der Waals surface area contributed by atoms with Gasteiger partial charge < -0.3 is 4.90 Å². The van der Waals surface area contributed by atoms with Gasteiger partial charge in [-0.15, -0.1) is 5.10 Å². The first-order valence-corrected chi connectivity index (χ1v) is 5.36. The second-order valence-corrected chi connectivity index (χ2v) is 4.56. The Labute approximate surface area is 80.4 Å². The molecule has 0 spiro atoms. The molecule has 12 heavy (non-hydrogen) atoms. The molecule has 1 aromatic heterocycles. The van der Waals surface area contributed by atoms with Gasteiger partial charge in [0.25, 0.3) is 0 Å². The zero-order valence-corrected chi connectivity index (χ0v) is 8.54. The van der Waals surface area contributed by atoms with E-state index in [4.69, 9.17) is 12.2 Å². The molecular weight excluding hydrogens is 190 g/mol. The third-order valence-corrected chi connectivity index (χ3v) is 3.13. The van der Waals surface area contributed by atoms with Crippen molar-refractivity contribution in [2.75, 3.05) is 11.4 Å². The van der Waals surface area contributed by atoms with Crippen molar-refractivity contribution in [2.24, 2.45) is 0 Å². The van der Waals surface area contributed by atoms with Gasteiger partial charge in [0.15, 0.2) is 3.95 Å². The van der Waals surface area contributed by atoms with Gasteiger partial charge >= 0.3 is 0 Å². The molecule has 0 saturated heterocycles. The summed E-state index contributed by atoms with van der Waals surface area (Å²) in [6.45, 7) is 3.18. The molecule has 0 radical (unpaired) electrons. The highest BCUT2D eigenvalue weighted by Crippen LogP contribution is 2.32. The average molecular weight is 201 g/mol. The molecule has 2 rings (SSSR count). The van der Waals surface area contributed by atoms with Gasteiger partial charge in [-0.3, -0.25) is 5.10 Å². The van der Waals surface area contributed by atoms with Gasteiger partial charge in [-0.1, -0.05) is 11.3 Å². The number of nitrogens with zero attached hydrogens (tertiary/aromatic N) is 2. The van der Waals surface area contributed by atoms with Crippen molar-refractivity contribution in [3.8, 4) is 0 Å². The molecule has 1 aliphatic rings. The summed E-state index contributed by atoms with van der Waals surface area (Å²) < 4.78 is 0.768. The third kappa shape index (κ3) is 1.51. The number of aromatic nitrogens is 2. The number of nitrogens with one attached hydrogen (secondary N) is 1. The molecule has 5 heteroatoms. The van der Waals surface area contributed by atoms with Crippen LogP contribution in [0.3, 0.4) is 0 Å². The number of hydrogen-bond donors (Lipinski definition) is 1. The van der Waals surface area contributed by atoms with Crippen LogP contribution in [0.5, 0.6) is 0 Å². The van der Waals surface area contributed by atoms with Crippen LogP contribution in [-0.2, 0) is 0 Å². The fraction of sp³-hybridized carbons (Fsp3) is 0.714. The van der Waals surface area contributed by atoms with Crippen molar-refractivity contribution in [1.82, 2.24) is 10.2 Å². The smallest absolute Gasteiger partial charge is 0.207 e. The lowest BCUT2D eigenvalue weighted by Crippen LogP contribution is -2.24. The lowest BCUT2D eigenvalue weighted by molar-refractivity contribution is 0.809. The molecule has 1 aliphatic carbocycles. The van der Waals surface area contributed by atoms with E-state index < -0.39 is 0 Å². The Kier molecular flexibility index (Phi) is 2.14. The quantitative estimate of drug-likeness (QED) is 0.761. The average Bonchev–Trinajstić information content (AvgIpc) is 2.78. The van der Waals surface area contributed by atoms with E-state index in [1.54, 1.807) is 11.3 Å². The molecule has 0 bridgehead atoms. The number of H-pyrrole nitrogens is 1. The predicted molar refractivity (Wildman–Crippen MR) is 53.3 cm³/mol. The highest BCUT2D eigenvalue weighted by molar-refractivity contribution is 7.73. The van der Waals surface area contributed by atoms with Gasteiger partial charge in [0.1, 0.15) is 0 Å². The summed E-state index contributed by atoms with van der Waals surface area (Å²) in [6.07, 6.45) is 2.61. The van der Waals surface area contributed by atoms with Crippen LogP contribution in [0.2, 0.25) is 0 Å². The molecule has 1 aromatic rings. The minimum Gasteiger partial charge on any atom is -0.344 e. The van der Waals surface area contributed by atoms with Crippen molar-refractivity contribution < 1.29 is 0 Å². The van der Waals surface area contributed by atoms with E-state index in [1.807, 2.05) is 0 Å². The van der Waals surface area contributed by atoms with Crippen molar-refractivity contribution in [3.63, 3.8) is 0 Å². The summed E-state index contributed by atoms with van der Waals surface area (Å²) in [5.41, 5.74) is 0. The van der Waals surface area contributed by atoms with E-state index in [2.05, 4.69) is 22.0 Å². The third-order valence-electron chi connectivity index (χ3n) is 2.00. The van der Waals surface area contributed by atoms with E-state index in [1.165, 1.54) is 12.8 Å². The summed E-state index contributed by atoms with van der Waals surface area (Å²) in [6, 6.07) is 0.726. The van der Waals surface area contributed by atoms with Crippen LogP contribution in [0.1, 0.15) is 19.8 Å². The molecule has 1 N–H and O–H groups in total. The Bertz CT molecular complexity index is 312. The SMILES string of the molecule is CCN(c1n[nH]c(=S)s1)C1CC1. The Morgan fingerprint density at radius 2 is 2.50 bits per heavy atom. The van der Waals surface area contributed by atoms with Crippen LogP contribution in [0, 0.1) is 3.95 Å². The van der Waals surface area contributed by atoms with Gasteiger partial charge in [0, 0.05) is 12.6 Å². The van der Waals surface area contributed by atoms with E-state index in [0.29, 0.717) is 0 Å². The zero-order chi connectivity index (χ0) is 8.55. The van der Waals surface area contributed by atoms with Crippen LogP contribution in [0.4, 0.5) is 5.13 Å². The molecule has 3 nitrogen and oxygen atoms in total. The Hall–Kier alpha value is -0.420. The topological polar surface area (TPSA) is 31.9 Å². The van der Waals surface area contributed by atoms with Crippen LogP contribution < -0.4 is 4.90 Å². The molecule has 0 atom stereocenters. The monoisotopic (exact) mass is 201 g/mol. The second kappa shape index (κ2) is 3.14. The maximum atomic E-state index is 4.98. The van der Waals surface area contributed by atoms with Crippen molar-refractivity contribution >= 4 is 28.7 Å². The van der Waals surface area contributed by atoms with Gasteiger partial charge in [-0.25, -0.2) is 0 Å². The lowest BCUT2D eigenvalue weighted by atomic mass is 10.5. The Morgan fingerprint density at radius 3 is 2.92 bits per heavy atom. The van der Waals surface area contributed by atoms with E-state index in [0.717, 1.165) is 21.7 Å². The predicted octanol–water partition coefficient (Wildman–Crippen LogP) is 2.19. The maximum absolute atomic E-state index is 4.98. The van der Waals surface area contributed by atoms with E-state index in [9.17, 15) is 0 Å². The number of aromatic amines is 1. The van der Waals surface area contributed by atoms with Gasteiger partial charge in [-0.2, -0.15) is 0 Å². The molecule has 1 heterocycles. The van der Waals surface area contributed by atoms with Crippen LogP contribution >= 0.6 is 23.6 Å². The first-order valence-electron chi connectivity index (χ1n) is 4.13. The zero-order valence-electron chi connectivity index (χ0n) is 6.91. The Balaban J connectivity index is 2.20. The van der Waals surface area contributed by atoms with E-state index in [-0.39, 0.29) is 0 Å². The number of anilines is 1. The van der Waals surface area contributed by atoms with Gasteiger partial charge in [0.2, 0.25) is 5.13 Å². The standard InChI is InChI=1S/C7H11N3S2/c1-2-10(5-3-4-5)6-8-9-7(11)12-6/h5H,2-4H2,1H3,(H,9,11). The molecule has 1 saturated carbocycles. The Morgan fingerprint density at radius 1 is 1.75 bits per heavy atom. The first-order chi connectivity index (χ1) is 5.81. The summed E-state index contributed by atoms with van der Waals surface area (Å²) in [4.78, 5) is 2.32. The highest BCUT2D eigenvalue weighted by Gasteiger charge is 2.29. The molecule has 0 aliphatic heterocycles. The van der Waals surface area contributed by atoms with Crippen LogP contribution in [0.15, 0.2) is 0 Å². The van der Waals surface area contributed by atoms with E-state index >= 15 is 0 Å². The summed E-state index contributed by atoms with van der Waals surface area (Å²) in [7, 11) is 0. The minimum absolute atomic E-state index is 0.726. The molecule has 66 valence electrons. The molecule has 0 unspecified atom stereocenters.